The highest BCUT2D eigenvalue weighted by Gasteiger charge is 2.26. The van der Waals surface area contributed by atoms with Gasteiger partial charge < -0.3 is 5.32 Å². The van der Waals surface area contributed by atoms with E-state index >= 15 is 0 Å². The fourth-order valence-electron chi connectivity index (χ4n) is 2.18. The zero-order valence-electron chi connectivity index (χ0n) is 13.9. The Morgan fingerprint density at radius 3 is 2.35 bits per heavy atom. The second kappa shape index (κ2) is 9.32. The largest absolute Gasteiger partial charge is 0.351 e. The minimum absolute atomic E-state index is 0.0692. The average Bonchev–Trinajstić information content (AvgIpc) is 2.61. The van der Waals surface area contributed by atoms with Crippen LogP contribution in [0.15, 0.2) is 70.6 Å². The molecule has 0 heterocycles. The minimum Gasteiger partial charge on any atom is -0.351 e. The van der Waals surface area contributed by atoms with Gasteiger partial charge in [-0.2, -0.15) is 4.31 Å². The molecule has 0 fully saturated rings. The lowest BCUT2D eigenvalue weighted by molar-refractivity contribution is -0.121. The highest BCUT2D eigenvalue weighted by atomic mass is 79.9. The van der Waals surface area contributed by atoms with Crippen LogP contribution in [0.25, 0.3) is 0 Å². The third kappa shape index (κ3) is 5.67. The van der Waals surface area contributed by atoms with Gasteiger partial charge >= 0.3 is 0 Å². The molecular weight excluding hydrogens is 440 g/mol. The molecule has 0 aliphatic rings. The van der Waals surface area contributed by atoms with Crippen molar-refractivity contribution in [1.82, 2.24) is 9.62 Å². The van der Waals surface area contributed by atoms with E-state index < -0.39 is 15.9 Å². The Balaban J connectivity index is 2.31. The summed E-state index contributed by atoms with van der Waals surface area (Å²) in [4.78, 5) is 12.2. The second-order valence-corrected chi connectivity index (χ2v) is 8.74. The minimum atomic E-state index is -3.87. The van der Waals surface area contributed by atoms with Crippen LogP contribution in [-0.4, -0.2) is 31.7 Å². The second-order valence-electron chi connectivity index (χ2n) is 5.45. The number of carbonyl (C=O) groups excluding carboxylic acids is 1. The van der Waals surface area contributed by atoms with E-state index in [4.69, 9.17) is 11.6 Å². The van der Waals surface area contributed by atoms with E-state index in [-0.39, 0.29) is 24.5 Å². The number of sulfonamides is 1. The van der Waals surface area contributed by atoms with Gasteiger partial charge in [-0.15, -0.1) is 6.58 Å². The summed E-state index contributed by atoms with van der Waals surface area (Å²) in [6, 6.07) is 13.1. The van der Waals surface area contributed by atoms with Gasteiger partial charge in [0.2, 0.25) is 15.9 Å². The molecule has 1 N–H and O–H groups in total. The molecule has 0 aromatic heterocycles. The molecule has 0 spiro atoms. The number of hydrogen-bond donors (Lipinski definition) is 1. The molecule has 8 heteroatoms. The number of nitrogens with one attached hydrogen (secondary N) is 1. The van der Waals surface area contributed by atoms with Gasteiger partial charge in [-0.25, -0.2) is 8.42 Å². The van der Waals surface area contributed by atoms with Crippen LogP contribution < -0.4 is 5.32 Å². The van der Waals surface area contributed by atoms with E-state index in [1.807, 2.05) is 12.1 Å². The number of halogens is 2. The summed E-state index contributed by atoms with van der Waals surface area (Å²) in [5.41, 5.74) is 0.766. The summed E-state index contributed by atoms with van der Waals surface area (Å²) in [6.45, 7) is 3.57. The first-order valence-electron chi connectivity index (χ1n) is 7.70. The Morgan fingerprint density at radius 1 is 1.15 bits per heavy atom. The molecule has 0 atom stereocenters. The third-order valence-corrected chi connectivity index (χ3v) is 6.07. The van der Waals surface area contributed by atoms with E-state index in [2.05, 4.69) is 27.8 Å². The van der Waals surface area contributed by atoms with Gasteiger partial charge in [0, 0.05) is 22.6 Å². The van der Waals surface area contributed by atoms with Crippen molar-refractivity contribution in [3.05, 3.63) is 76.2 Å². The average molecular weight is 458 g/mol. The zero-order valence-corrected chi connectivity index (χ0v) is 17.0. The molecule has 1 amide bonds. The fraction of sp³-hybridized carbons (Fsp3) is 0.167. The van der Waals surface area contributed by atoms with Gasteiger partial charge in [-0.1, -0.05) is 45.7 Å². The van der Waals surface area contributed by atoms with Gasteiger partial charge in [-0.3, -0.25) is 4.79 Å². The number of amides is 1. The Morgan fingerprint density at radius 2 is 1.77 bits per heavy atom. The molecule has 2 rings (SSSR count). The number of nitrogens with zero attached hydrogens (tertiary/aromatic N) is 1. The molecule has 5 nitrogen and oxygen atoms in total. The van der Waals surface area contributed by atoms with Crippen LogP contribution in [0, 0.1) is 0 Å². The first kappa shape index (κ1) is 20.6. The van der Waals surface area contributed by atoms with Crippen molar-refractivity contribution >= 4 is 43.5 Å². The van der Waals surface area contributed by atoms with Gasteiger partial charge in [0.1, 0.15) is 0 Å². The number of benzene rings is 2. The first-order valence-corrected chi connectivity index (χ1v) is 10.3. The lowest BCUT2D eigenvalue weighted by Crippen LogP contribution is -2.40. The number of rotatable bonds is 8. The molecule has 0 saturated heterocycles. The SMILES string of the molecule is C=CCNC(=O)CN(Cc1ccc(Br)cc1)S(=O)(=O)c1ccc(Cl)cc1. The molecule has 138 valence electrons. The van der Waals surface area contributed by atoms with Gasteiger partial charge in [0.05, 0.1) is 11.4 Å². The van der Waals surface area contributed by atoms with Gasteiger partial charge in [0.25, 0.3) is 0 Å². The molecule has 26 heavy (non-hydrogen) atoms. The van der Waals surface area contributed by atoms with Crippen LogP contribution in [-0.2, 0) is 21.4 Å². The topological polar surface area (TPSA) is 66.5 Å². The third-order valence-electron chi connectivity index (χ3n) is 3.49. The fourth-order valence-corrected chi connectivity index (χ4v) is 3.95. The van der Waals surface area contributed by atoms with E-state index in [0.717, 1.165) is 14.3 Å². The van der Waals surface area contributed by atoms with Crippen LogP contribution in [0.1, 0.15) is 5.56 Å². The maximum absolute atomic E-state index is 13.0. The Bertz CT molecular complexity index is 868. The van der Waals surface area contributed by atoms with Crippen molar-refractivity contribution in [1.29, 1.82) is 0 Å². The highest BCUT2D eigenvalue weighted by Crippen LogP contribution is 2.21. The standard InChI is InChI=1S/C18H18BrClN2O3S/c1-2-11-21-18(23)13-22(12-14-3-5-15(19)6-4-14)26(24,25)17-9-7-16(20)8-10-17/h2-10H,1,11-13H2,(H,21,23). The van der Waals surface area contributed by atoms with Crippen molar-refractivity contribution < 1.29 is 13.2 Å². The quantitative estimate of drug-likeness (QED) is 0.616. The molecule has 0 aliphatic heterocycles. The van der Waals surface area contributed by atoms with Crippen LogP contribution in [0.3, 0.4) is 0 Å². The maximum Gasteiger partial charge on any atom is 0.243 e. The molecule has 2 aromatic rings. The van der Waals surface area contributed by atoms with Crippen molar-refractivity contribution in [2.24, 2.45) is 0 Å². The predicted octanol–water partition coefficient (Wildman–Crippen LogP) is 3.60. The van der Waals surface area contributed by atoms with Gasteiger partial charge in [0.15, 0.2) is 0 Å². The summed E-state index contributed by atoms with van der Waals surface area (Å²) in [7, 11) is -3.87. The monoisotopic (exact) mass is 456 g/mol. The van der Waals surface area contributed by atoms with E-state index in [1.165, 1.54) is 30.3 Å². The Hall–Kier alpha value is -1.67. The summed E-state index contributed by atoms with van der Waals surface area (Å²) >= 11 is 9.19. The summed E-state index contributed by atoms with van der Waals surface area (Å²) in [5.74, 6) is -0.403. The predicted molar refractivity (Wildman–Crippen MR) is 106 cm³/mol. The van der Waals surface area contributed by atoms with E-state index in [9.17, 15) is 13.2 Å². The van der Waals surface area contributed by atoms with Crippen LogP contribution in [0.5, 0.6) is 0 Å². The lowest BCUT2D eigenvalue weighted by Gasteiger charge is -2.22. The smallest absolute Gasteiger partial charge is 0.243 e. The molecule has 0 bridgehead atoms. The van der Waals surface area contributed by atoms with E-state index in [1.54, 1.807) is 12.1 Å². The zero-order chi connectivity index (χ0) is 19.2. The van der Waals surface area contributed by atoms with Crippen LogP contribution in [0.4, 0.5) is 0 Å². The van der Waals surface area contributed by atoms with Gasteiger partial charge in [-0.05, 0) is 42.0 Å². The molecule has 0 saturated carbocycles. The van der Waals surface area contributed by atoms with Crippen molar-refractivity contribution in [2.75, 3.05) is 13.1 Å². The summed E-state index contributed by atoms with van der Waals surface area (Å²) in [6.07, 6.45) is 1.53. The summed E-state index contributed by atoms with van der Waals surface area (Å²) in [5, 5.41) is 3.04. The van der Waals surface area contributed by atoms with E-state index in [0.29, 0.717) is 5.02 Å². The van der Waals surface area contributed by atoms with Crippen molar-refractivity contribution in [3.8, 4) is 0 Å². The van der Waals surface area contributed by atoms with Crippen molar-refractivity contribution in [2.45, 2.75) is 11.4 Å². The lowest BCUT2D eigenvalue weighted by atomic mass is 10.2. The molecule has 0 unspecified atom stereocenters. The molecule has 0 aliphatic carbocycles. The molecular formula is C18H18BrClN2O3S. The number of carbonyl (C=O) groups is 1. The Kier molecular flexibility index (Phi) is 7.40. The molecule has 0 radical (unpaired) electrons. The van der Waals surface area contributed by atoms with Crippen LogP contribution >= 0.6 is 27.5 Å². The number of hydrogen-bond acceptors (Lipinski definition) is 3. The first-order chi connectivity index (χ1) is 12.3. The molecule has 2 aromatic carbocycles. The Labute approximate surface area is 166 Å². The van der Waals surface area contributed by atoms with Crippen molar-refractivity contribution in [3.63, 3.8) is 0 Å². The normalized spacial score (nSPS) is 11.3. The highest BCUT2D eigenvalue weighted by molar-refractivity contribution is 9.10. The maximum atomic E-state index is 13.0. The van der Waals surface area contributed by atoms with Crippen LogP contribution in [0.2, 0.25) is 5.02 Å². The summed E-state index contributed by atoms with van der Waals surface area (Å²) < 4.78 is 28.0.